The number of hydrogen-bond donors (Lipinski definition) is 1. The molecule has 1 aliphatic carbocycles. The molecule has 0 bridgehead atoms. The first kappa shape index (κ1) is 16.0. The van der Waals surface area contributed by atoms with E-state index in [0.717, 1.165) is 30.9 Å². The SMILES string of the molecule is Cc1ccc(F)cc1C(=O)OCc1nc2sc3c(c2c(=O)[nH]1)CCC3. The van der Waals surface area contributed by atoms with E-state index in [1.807, 2.05) is 0 Å². The molecule has 2 aromatic heterocycles. The van der Waals surface area contributed by atoms with Gasteiger partial charge in [0.05, 0.1) is 10.9 Å². The van der Waals surface area contributed by atoms with Gasteiger partial charge in [-0.2, -0.15) is 0 Å². The van der Waals surface area contributed by atoms with E-state index in [4.69, 9.17) is 4.74 Å². The Bertz CT molecular complexity index is 1050. The van der Waals surface area contributed by atoms with E-state index >= 15 is 0 Å². The topological polar surface area (TPSA) is 72.0 Å². The van der Waals surface area contributed by atoms with Crippen molar-refractivity contribution in [3.63, 3.8) is 0 Å². The van der Waals surface area contributed by atoms with E-state index < -0.39 is 11.8 Å². The predicted octanol–water partition coefficient (Wildman–Crippen LogP) is 3.28. The first-order chi connectivity index (χ1) is 12.0. The van der Waals surface area contributed by atoms with Crippen LogP contribution in [0.3, 0.4) is 0 Å². The summed E-state index contributed by atoms with van der Waals surface area (Å²) in [4.78, 5) is 33.5. The van der Waals surface area contributed by atoms with Gasteiger partial charge < -0.3 is 9.72 Å². The molecule has 1 N–H and O–H groups in total. The summed E-state index contributed by atoms with van der Waals surface area (Å²) in [6.45, 7) is 1.54. The second-order valence-electron chi connectivity index (χ2n) is 6.09. The van der Waals surface area contributed by atoms with Crippen molar-refractivity contribution in [2.45, 2.75) is 32.8 Å². The molecule has 0 saturated heterocycles. The molecule has 1 aliphatic rings. The predicted molar refractivity (Wildman–Crippen MR) is 92.5 cm³/mol. The summed E-state index contributed by atoms with van der Waals surface area (Å²) >= 11 is 1.53. The molecule has 0 radical (unpaired) electrons. The number of carbonyl (C=O) groups is 1. The number of H-pyrrole nitrogens is 1. The van der Waals surface area contributed by atoms with Gasteiger partial charge >= 0.3 is 5.97 Å². The molecule has 0 fully saturated rings. The number of thiophene rings is 1. The van der Waals surface area contributed by atoms with Crippen LogP contribution < -0.4 is 5.56 Å². The Balaban J connectivity index is 1.58. The number of rotatable bonds is 3. The highest BCUT2D eigenvalue weighted by Gasteiger charge is 2.21. The lowest BCUT2D eigenvalue weighted by molar-refractivity contribution is 0.0461. The molecule has 0 unspecified atom stereocenters. The van der Waals surface area contributed by atoms with Gasteiger partial charge in [0.2, 0.25) is 0 Å². The van der Waals surface area contributed by atoms with Gasteiger partial charge in [0.15, 0.2) is 0 Å². The van der Waals surface area contributed by atoms with Crippen molar-refractivity contribution in [3.8, 4) is 0 Å². The van der Waals surface area contributed by atoms with Gasteiger partial charge in [-0.15, -0.1) is 11.3 Å². The van der Waals surface area contributed by atoms with Crippen LogP contribution >= 0.6 is 11.3 Å². The Labute approximate surface area is 146 Å². The second-order valence-corrected chi connectivity index (χ2v) is 7.17. The van der Waals surface area contributed by atoms with Crippen LogP contribution in [-0.2, 0) is 24.2 Å². The lowest BCUT2D eigenvalue weighted by Gasteiger charge is -2.07. The van der Waals surface area contributed by atoms with E-state index in [9.17, 15) is 14.0 Å². The van der Waals surface area contributed by atoms with Gasteiger partial charge in [-0.1, -0.05) is 6.07 Å². The molecule has 0 atom stereocenters. The largest absolute Gasteiger partial charge is 0.454 e. The second kappa shape index (κ2) is 6.07. The normalized spacial score (nSPS) is 13.2. The maximum atomic E-state index is 13.3. The molecule has 0 aliphatic heterocycles. The summed E-state index contributed by atoms with van der Waals surface area (Å²) in [5.74, 6) is -0.855. The summed E-state index contributed by atoms with van der Waals surface area (Å²) in [5.41, 5.74) is 1.70. The van der Waals surface area contributed by atoms with E-state index in [0.29, 0.717) is 21.6 Å². The van der Waals surface area contributed by atoms with E-state index in [-0.39, 0.29) is 17.7 Å². The lowest BCUT2D eigenvalue weighted by atomic mass is 10.1. The quantitative estimate of drug-likeness (QED) is 0.730. The minimum Gasteiger partial charge on any atom is -0.454 e. The number of aromatic nitrogens is 2. The van der Waals surface area contributed by atoms with Gasteiger partial charge in [0.1, 0.15) is 23.1 Å². The third kappa shape index (κ3) is 2.84. The Morgan fingerprint density at radius 1 is 1.40 bits per heavy atom. The average molecular weight is 358 g/mol. The molecular formula is C18H15FN2O3S. The van der Waals surface area contributed by atoms with Crippen molar-refractivity contribution < 1.29 is 13.9 Å². The lowest BCUT2D eigenvalue weighted by Crippen LogP contribution is -2.15. The zero-order valence-corrected chi connectivity index (χ0v) is 14.3. The number of carbonyl (C=O) groups excluding carboxylic acids is 1. The van der Waals surface area contributed by atoms with E-state index in [2.05, 4.69) is 9.97 Å². The highest BCUT2D eigenvalue weighted by molar-refractivity contribution is 7.18. The minimum atomic E-state index is -0.645. The Hall–Kier alpha value is -2.54. The first-order valence-corrected chi connectivity index (χ1v) is 8.81. The smallest absolute Gasteiger partial charge is 0.338 e. The number of hydrogen-bond acceptors (Lipinski definition) is 5. The van der Waals surface area contributed by atoms with Crippen LogP contribution in [0.2, 0.25) is 0 Å². The number of nitrogens with zero attached hydrogens (tertiary/aromatic N) is 1. The van der Waals surface area contributed by atoms with Crippen molar-refractivity contribution >= 4 is 27.5 Å². The van der Waals surface area contributed by atoms with Crippen LogP contribution in [0.25, 0.3) is 10.2 Å². The van der Waals surface area contributed by atoms with Crippen LogP contribution in [-0.4, -0.2) is 15.9 Å². The summed E-state index contributed by atoms with van der Waals surface area (Å²) < 4.78 is 18.5. The molecule has 5 nitrogen and oxygen atoms in total. The fraction of sp³-hybridized carbons (Fsp3) is 0.278. The summed E-state index contributed by atoms with van der Waals surface area (Å²) in [6, 6.07) is 3.95. The molecule has 25 heavy (non-hydrogen) atoms. The average Bonchev–Trinajstić information content (AvgIpc) is 3.15. The standard InChI is InChI=1S/C18H15FN2O3S/c1-9-5-6-10(19)7-12(9)18(23)24-8-14-20-16(22)15-11-3-2-4-13(11)25-17(15)21-14/h5-7H,2-4,8H2,1H3,(H,20,21,22). The number of ether oxygens (including phenoxy) is 1. The summed E-state index contributed by atoms with van der Waals surface area (Å²) in [6.07, 6.45) is 2.97. The Kier molecular flexibility index (Phi) is 3.88. The van der Waals surface area contributed by atoms with Gasteiger partial charge in [-0.05, 0) is 49.4 Å². The van der Waals surface area contributed by atoms with E-state index in [1.54, 1.807) is 6.92 Å². The number of aryl methyl sites for hydroxylation is 3. The molecular weight excluding hydrogens is 343 g/mol. The Morgan fingerprint density at radius 3 is 3.08 bits per heavy atom. The van der Waals surface area contributed by atoms with Crippen LogP contribution in [0.4, 0.5) is 4.39 Å². The highest BCUT2D eigenvalue weighted by Crippen LogP contribution is 2.34. The van der Waals surface area contributed by atoms with Crippen LogP contribution in [0.1, 0.15) is 38.6 Å². The van der Waals surface area contributed by atoms with Crippen LogP contribution in [0.5, 0.6) is 0 Å². The molecule has 0 amide bonds. The summed E-state index contributed by atoms with van der Waals surface area (Å²) in [5, 5.41) is 0.661. The zero-order chi connectivity index (χ0) is 17.6. The fourth-order valence-electron chi connectivity index (χ4n) is 3.14. The molecule has 4 rings (SSSR count). The van der Waals surface area contributed by atoms with Crippen molar-refractivity contribution in [1.82, 2.24) is 9.97 Å². The van der Waals surface area contributed by atoms with Crippen LogP contribution in [0.15, 0.2) is 23.0 Å². The Morgan fingerprint density at radius 2 is 2.24 bits per heavy atom. The van der Waals surface area contributed by atoms with Gasteiger partial charge in [0, 0.05) is 4.88 Å². The van der Waals surface area contributed by atoms with E-state index in [1.165, 1.54) is 28.3 Å². The van der Waals surface area contributed by atoms with Crippen molar-refractivity contribution in [3.05, 3.63) is 61.8 Å². The van der Waals surface area contributed by atoms with Gasteiger partial charge in [-0.3, -0.25) is 4.79 Å². The number of nitrogens with one attached hydrogen (secondary N) is 1. The monoisotopic (exact) mass is 358 g/mol. The maximum Gasteiger partial charge on any atom is 0.338 e. The zero-order valence-electron chi connectivity index (χ0n) is 13.5. The number of halogens is 1. The molecule has 2 heterocycles. The molecule has 7 heteroatoms. The molecule has 3 aromatic rings. The number of fused-ring (bicyclic) bond motifs is 3. The van der Waals surface area contributed by atoms with Crippen molar-refractivity contribution in [2.75, 3.05) is 0 Å². The van der Waals surface area contributed by atoms with Crippen LogP contribution in [0, 0.1) is 12.7 Å². The molecule has 0 spiro atoms. The minimum absolute atomic E-state index is 0.164. The fourth-order valence-corrected chi connectivity index (χ4v) is 4.42. The van der Waals surface area contributed by atoms with Crippen molar-refractivity contribution in [2.24, 2.45) is 0 Å². The summed E-state index contributed by atoms with van der Waals surface area (Å²) in [7, 11) is 0. The maximum absolute atomic E-state index is 13.3. The number of esters is 1. The van der Waals surface area contributed by atoms with Crippen molar-refractivity contribution in [1.29, 1.82) is 0 Å². The third-order valence-electron chi connectivity index (χ3n) is 4.38. The first-order valence-electron chi connectivity index (χ1n) is 7.99. The molecule has 0 saturated carbocycles. The highest BCUT2D eigenvalue weighted by atomic mass is 32.1. The van der Waals surface area contributed by atoms with Gasteiger partial charge in [0.25, 0.3) is 5.56 Å². The molecule has 1 aromatic carbocycles. The third-order valence-corrected chi connectivity index (χ3v) is 5.57. The number of aromatic amines is 1. The molecule has 128 valence electrons. The number of benzene rings is 1. The van der Waals surface area contributed by atoms with Gasteiger partial charge in [-0.25, -0.2) is 14.2 Å².